The summed E-state index contributed by atoms with van der Waals surface area (Å²) >= 11 is 5.96. The van der Waals surface area contributed by atoms with Crippen molar-refractivity contribution in [1.29, 1.82) is 0 Å². The zero-order valence-corrected chi connectivity index (χ0v) is 10.7. The van der Waals surface area contributed by atoms with Crippen molar-refractivity contribution in [3.63, 3.8) is 0 Å². The molecule has 0 atom stereocenters. The van der Waals surface area contributed by atoms with E-state index in [2.05, 4.69) is 0 Å². The van der Waals surface area contributed by atoms with E-state index in [0.717, 1.165) is 5.56 Å². The number of carbonyl (C=O) groups excluding carboxylic acids is 1. The van der Waals surface area contributed by atoms with E-state index in [1.807, 2.05) is 0 Å². The third-order valence-corrected chi connectivity index (χ3v) is 2.27. The van der Waals surface area contributed by atoms with Crippen molar-refractivity contribution < 1.29 is 14.3 Å². The van der Waals surface area contributed by atoms with Crippen LogP contribution in [0.3, 0.4) is 0 Å². The molecule has 4 nitrogen and oxygen atoms in total. The number of para-hydroxylation sites is 1. The van der Waals surface area contributed by atoms with E-state index in [1.165, 1.54) is 0 Å². The van der Waals surface area contributed by atoms with Gasteiger partial charge in [-0.15, -0.1) is 0 Å². The molecule has 17 heavy (non-hydrogen) atoms. The van der Waals surface area contributed by atoms with Crippen LogP contribution >= 0.6 is 11.6 Å². The lowest BCUT2D eigenvalue weighted by atomic mass is 10.2. The Bertz CT molecular complexity index is 393. The van der Waals surface area contributed by atoms with Gasteiger partial charge in [0.2, 0.25) is 0 Å². The standard InChI is InChI=1S/C12H16ClNO3/c1-8(2)17-11(15)7-16-12-9(6-14)4-3-5-10(12)13/h3-5,8H,6-7,14H2,1-2H3. The average Bonchev–Trinajstić information content (AvgIpc) is 2.26. The van der Waals surface area contributed by atoms with Crippen LogP contribution in [0.25, 0.3) is 0 Å². The second kappa shape index (κ2) is 6.47. The van der Waals surface area contributed by atoms with Crippen molar-refractivity contribution in [2.45, 2.75) is 26.5 Å². The van der Waals surface area contributed by atoms with Crippen LogP contribution in [0, 0.1) is 0 Å². The first-order valence-electron chi connectivity index (χ1n) is 5.34. The largest absolute Gasteiger partial charge is 0.480 e. The van der Waals surface area contributed by atoms with E-state index in [1.54, 1.807) is 32.0 Å². The Labute approximate surface area is 106 Å². The highest BCUT2D eigenvalue weighted by molar-refractivity contribution is 6.32. The Morgan fingerprint density at radius 2 is 2.18 bits per heavy atom. The maximum absolute atomic E-state index is 11.3. The summed E-state index contributed by atoms with van der Waals surface area (Å²) in [7, 11) is 0. The predicted molar refractivity (Wildman–Crippen MR) is 66.1 cm³/mol. The van der Waals surface area contributed by atoms with Crippen LogP contribution in [0.2, 0.25) is 5.02 Å². The Morgan fingerprint density at radius 1 is 1.47 bits per heavy atom. The van der Waals surface area contributed by atoms with Gasteiger partial charge in [-0.05, 0) is 19.9 Å². The van der Waals surface area contributed by atoms with Crippen LogP contribution in [0.4, 0.5) is 0 Å². The van der Waals surface area contributed by atoms with E-state index in [-0.39, 0.29) is 12.7 Å². The van der Waals surface area contributed by atoms with Crippen LogP contribution < -0.4 is 10.5 Å². The molecule has 0 aromatic heterocycles. The molecule has 5 heteroatoms. The predicted octanol–water partition coefficient (Wildman–Crippen LogP) is 2.13. The van der Waals surface area contributed by atoms with Gasteiger partial charge in [-0.1, -0.05) is 23.7 Å². The minimum atomic E-state index is -0.428. The van der Waals surface area contributed by atoms with E-state index in [4.69, 9.17) is 26.8 Å². The molecule has 0 saturated heterocycles. The number of hydrogen-bond acceptors (Lipinski definition) is 4. The second-order valence-corrected chi connectivity index (χ2v) is 4.17. The van der Waals surface area contributed by atoms with E-state index in [0.29, 0.717) is 17.3 Å². The fraction of sp³-hybridized carbons (Fsp3) is 0.417. The second-order valence-electron chi connectivity index (χ2n) is 3.76. The molecule has 0 aliphatic heterocycles. The summed E-state index contributed by atoms with van der Waals surface area (Å²) in [5.74, 6) is 0.0141. The first kappa shape index (κ1) is 13.8. The molecule has 94 valence electrons. The van der Waals surface area contributed by atoms with Gasteiger partial charge in [0.1, 0.15) is 5.75 Å². The maximum Gasteiger partial charge on any atom is 0.344 e. The molecule has 0 amide bonds. The normalized spacial score (nSPS) is 10.4. The summed E-state index contributed by atoms with van der Waals surface area (Å²) in [5.41, 5.74) is 6.31. The van der Waals surface area contributed by atoms with Crippen LogP contribution in [0.1, 0.15) is 19.4 Å². The number of halogens is 1. The molecule has 0 heterocycles. The summed E-state index contributed by atoms with van der Waals surface area (Å²) < 4.78 is 10.3. The van der Waals surface area contributed by atoms with Gasteiger partial charge >= 0.3 is 5.97 Å². The maximum atomic E-state index is 11.3. The smallest absolute Gasteiger partial charge is 0.344 e. The van der Waals surface area contributed by atoms with Crippen molar-refractivity contribution in [2.75, 3.05) is 6.61 Å². The molecule has 2 N–H and O–H groups in total. The topological polar surface area (TPSA) is 61.5 Å². The van der Waals surface area contributed by atoms with E-state index in [9.17, 15) is 4.79 Å². The van der Waals surface area contributed by atoms with Gasteiger partial charge in [0.25, 0.3) is 0 Å². The quantitative estimate of drug-likeness (QED) is 0.821. The number of hydrogen-bond donors (Lipinski definition) is 1. The molecular weight excluding hydrogens is 242 g/mol. The summed E-state index contributed by atoms with van der Waals surface area (Å²) in [6.45, 7) is 3.68. The molecule has 0 unspecified atom stereocenters. The number of esters is 1. The van der Waals surface area contributed by atoms with Crippen LogP contribution in [-0.4, -0.2) is 18.7 Å². The number of ether oxygens (including phenoxy) is 2. The van der Waals surface area contributed by atoms with Gasteiger partial charge < -0.3 is 15.2 Å². The van der Waals surface area contributed by atoms with Gasteiger partial charge in [-0.25, -0.2) is 4.79 Å². The first-order valence-corrected chi connectivity index (χ1v) is 5.72. The number of benzene rings is 1. The summed E-state index contributed by atoms with van der Waals surface area (Å²) in [6.07, 6.45) is -0.161. The Kier molecular flexibility index (Phi) is 5.25. The summed E-state index contributed by atoms with van der Waals surface area (Å²) in [5, 5.41) is 0.435. The van der Waals surface area contributed by atoms with Crippen molar-refractivity contribution in [3.8, 4) is 5.75 Å². The SMILES string of the molecule is CC(C)OC(=O)COc1c(Cl)cccc1CN. The highest BCUT2D eigenvalue weighted by Gasteiger charge is 2.11. The fourth-order valence-electron chi connectivity index (χ4n) is 1.30. The molecule has 0 spiro atoms. The monoisotopic (exact) mass is 257 g/mol. The Morgan fingerprint density at radius 3 is 2.76 bits per heavy atom. The van der Waals surface area contributed by atoms with Crippen molar-refractivity contribution in [1.82, 2.24) is 0 Å². The van der Waals surface area contributed by atoms with E-state index >= 15 is 0 Å². The first-order chi connectivity index (χ1) is 8.04. The van der Waals surface area contributed by atoms with Crippen LogP contribution in [-0.2, 0) is 16.1 Å². The molecule has 0 fully saturated rings. The molecule has 1 aromatic carbocycles. The van der Waals surface area contributed by atoms with E-state index < -0.39 is 5.97 Å². The molecule has 1 rings (SSSR count). The van der Waals surface area contributed by atoms with Gasteiger partial charge in [-0.2, -0.15) is 0 Å². The van der Waals surface area contributed by atoms with Crippen LogP contribution in [0.5, 0.6) is 5.75 Å². The summed E-state index contributed by atoms with van der Waals surface area (Å²) in [4.78, 5) is 11.3. The molecule has 0 bridgehead atoms. The van der Waals surface area contributed by atoms with Crippen molar-refractivity contribution in [3.05, 3.63) is 28.8 Å². The Balaban J connectivity index is 2.65. The van der Waals surface area contributed by atoms with Gasteiger partial charge in [0.15, 0.2) is 6.61 Å². The third kappa shape index (κ3) is 4.24. The minimum Gasteiger partial charge on any atom is -0.480 e. The number of rotatable bonds is 5. The highest BCUT2D eigenvalue weighted by Crippen LogP contribution is 2.28. The van der Waals surface area contributed by atoms with Gasteiger partial charge in [0, 0.05) is 12.1 Å². The number of nitrogens with two attached hydrogens (primary N) is 1. The lowest BCUT2D eigenvalue weighted by Crippen LogP contribution is -2.19. The number of carbonyl (C=O) groups is 1. The molecule has 0 radical (unpaired) electrons. The molecule has 0 saturated carbocycles. The Hall–Kier alpha value is -1.26. The van der Waals surface area contributed by atoms with Gasteiger partial charge in [-0.3, -0.25) is 0 Å². The van der Waals surface area contributed by atoms with Crippen LogP contribution in [0.15, 0.2) is 18.2 Å². The lowest BCUT2D eigenvalue weighted by Gasteiger charge is -2.12. The average molecular weight is 258 g/mol. The molecule has 0 aliphatic rings. The zero-order chi connectivity index (χ0) is 12.8. The van der Waals surface area contributed by atoms with Crippen molar-refractivity contribution in [2.24, 2.45) is 5.73 Å². The fourth-order valence-corrected chi connectivity index (χ4v) is 1.55. The molecule has 1 aromatic rings. The molecule has 0 aliphatic carbocycles. The lowest BCUT2D eigenvalue weighted by molar-refractivity contribution is -0.149. The van der Waals surface area contributed by atoms with Gasteiger partial charge in [0.05, 0.1) is 11.1 Å². The summed E-state index contributed by atoms with van der Waals surface area (Å²) in [6, 6.07) is 5.27. The van der Waals surface area contributed by atoms with Crippen molar-refractivity contribution >= 4 is 17.6 Å². The zero-order valence-electron chi connectivity index (χ0n) is 9.90. The third-order valence-electron chi connectivity index (χ3n) is 1.97. The highest BCUT2D eigenvalue weighted by atomic mass is 35.5. The molecular formula is C12H16ClNO3. The minimum absolute atomic E-state index is 0.161.